The molecule has 0 saturated carbocycles. The summed E-state index contributed by atoms with van der Waals surface area (Å²) in [6, 6.07) is -0.322. The van der Waals surface area contributed by atoms with Crippen LogP contribution in [-0.4, -0.2) is 35.8 Å². The lowest BCUT2D eigenvalue weighted by Gasteiger charge is -2.26. The molecule has 1 saturated heterocycles. The molecule has 0 radical (unpaired) electrons. The minimum absolute atomic E-state index is 0.178. The van der Waals surface area contributed by atoms with Gasteiger partial charge in [-0.2, -0.15) is 0 Å². The molecule has 1 atom stereocenters. The Morgan fingerprint density at radius 1 is 1.44 bits per heavy atom. The number of amides is 3. The SMILES string of the molecule is CC(C)(C)C1CCN(C(=O)NC(=O)CCl)C1. The second-order valence-corrected chi connectivity index (χ2v) is 5.55. The molecule has 1 aliphatic heterocycles. The number of nitrogens with zero attached hydrogens (tertiary/aromatic N) is 1. The lowest BCUT2D eigenvalue weighted by Crippen LogP contribution is -2.42. The monoisotopic (exact) mass is 246 g/mol. The number of halogens is 1. The van der Waals surface area contributed by atoms with Gasteiger partial charge in [-0.05, 0) is 17.8 Å². The molecule has 0 aromatic heterocycles. The molecule has 0 aromatic rings. The molecule has 1 rings (SSSR count). The van der Waals surface area contributed by atoms with Crippen LogP contribution in [0.2, 0.25) is 0 Å². The number of urea groups is 1. The first-order valence-electron chi connectivity index (χ1n) is 5.49. The molecular formula is C11H19ClN2O2. The van der Waals surface area contributed by atoms with E-state index in [1.165, 1.54) is 0 Å². The van der Waals surface area contributed by atoms with E-state index in [9.17, 15) is 9.59 Å². The molecule has 0 bridgehead atoms. The first-order valence-corrected chi connectivity index (χ1v) is 6.02. The standard InChI is InChI=1S/C11H19ClN2O2/c1-11(2,3)8-4-5-14(7-8)10(16)13-9(15)6-12/h8H,4-7H2,1-3H3,(H,13,15,16). The first kappa shape index (κ1) is 13.3. The Morgan fingerprint density at radius 2 is 2.06 bits per heavy atom. The summed E-state index contributed by atoms with van der Waals surface area (Å²) in [6.45, 7) is 7.93. The zero-order chi connectivity index (χ0) is 12.3. The van der Waals surface area contributed by atoms with Gasteiger partial charge in [0.15, 0.2) is 0 Å². The molecule has 1 heterocycles. The molecule has 1 fully saturated rings. The number of alkyl halides is 1. The fourth-order valence-electron chi connectivity index (χ4n) is 1.88. The number of hydrogen-bond acceptors (Lipinski definition) is 2. The predicted molar refractivity (Wildman–Crippen MR) is 63.4 cm³/mol. The summed E-state index contributed by atoms with van der Waals surface area (Å²) in [4.78, 5) is 24.3. The Balaban J connectivity index is 2.47. The van der Waals surface area contributed by atoms with Crippen LogP contribution in [-0.2, 0) is 4.79 Å². The maximum Gasteiger partial charge on any atom is 0.324 e. The van der Waals surface area contributed by atoms with Crippen LogP contribution in [0.4, 0.5) is 4.79 Å². The van der Waals surface area contributed by atoms with Gasteiger partial charge in [0.1, 0.15) is 5.88 Å². The zero-order valence-electron chi connectivity index (χ0n) is 10.0. The van der Waals surface area contributed by atoms with Crippen molar-refractivity contribution in [2.24, 2.45) is 11.3 Å². The van der Waals surface area contributed by atoms with Crippen LogP contribution in [0.15, 0.2) is 0 Å². The van der Waals surface area contributed by atoms with Gasteiger partial charge in [0.2, 0.25) is 5.91 Å². The summed E-state index contributed by atoms with van der Waals surface area (Å²) in [6.07, 6.45) is 0.992. The van der Waals surface area contributed by atoms with Crippen LogP contribution in [0, 0.1) is 11.3 Å². The number of hydrogen-bond donors (Lipinski definition) is 1. The molecule has 92 valence electrons. The van der Waals surface area contributed by atoms with Gasteiger partial charge in [0.05, 0.1) is 0 Å². The van der Waals surface area contributed by atoms with Crippen LogP contribution in [0.5, 0.6) is 0 Å². The van der Waals surface area contributed by atoms with Crippen LogP contribution in [0.25, 0.3) is 0 Å². The van der Waals surface area contributed by atoms with E-state index in [1.807, 2.05) is 0 Å². The van der Waals surface area contributed by atoms with Crippen molar-refractivity contribution in [3.8, 4) is 0 Å². The van der Waals surface area contributed by atoms with E-state index in [1.54, 1.807) is 4.90 Å². The van der Waals surface area contributed by atoms with Gasteiger partial charge in [-0.1, -0.05) is 20.8 Å². The number of likely N-dealkylation sites (tertiary alicyclic amines) is 1. The van der Waals surface area contributed by atoms with Gasteiger partial charge >= 0.3 is 6.03 Å². The second kappa shape index (κ2) is 5.04. The molecular weight excluding hydrogens is 228 g/mol. The lowest BCUT2D eigenvalue weighted by molar-refractivity contribution is -0.117. The van der Waals surface area contributed by atoms with Crippen LogP contribution >= 0.6 is 11.6 Å². The molecule has 1 unspecified atom stereocenters. The quantitative estimate of drug-likeness (QED) is 0.718. The molecule has 1 aliphatic rings. The van der Waals surface area contributed by atoms with Crippen LogP contribution in [0.1, 0.15) is 27.2 Å². The molecule has 0 aliphatic carbocycles. The van der Waals surface area contributed by atoms with Crippen molar-refractivity contribution >= 4 is 23.5 Å². The molecule has 16 heavy (non-hydrogen) atoms. The van der Waals surface area contributed by atoms with E-state index in [0.717, 1.165) is 6.42 Å². The third-order valence-corrected chi connectivity index (χ3v) is 3.31. The summed E-state index contributed by atoms with van der Waals surface area (Å²) >= 11 is 5.32. The average Bonchev–Trinajstić information content (AvgIpc) is 2.65. The Labute approximate surface area is 101 Å². The fraction of sp³-hybridized carbons (Fsp3) is 0.818. The highest BCUT2D eigenvalue weighted by Crippen LogP contribution is 2.33. The largest absolute Gasteiger partial charge is 0.324 e. The lowest BCUT2D eigenvalue weighted by atomic mass is 9.80. The maximum absolute atomic E-state index is 11.6. The number of rotatable bonds is 1. The Hall–Kier alpha value is -0.770. The first-order chi connectivity index (χ1) is 7.34. The van der Waals surface area contributed by atoms with Crippen molar-refractivity contribution in [1.82, 2.24) is 10.2 Å². The van der Waals surface area contributed by atoms with E-state index in [0.29, 0.717) is 19.0 Å². The number of imide groups is 1. The molecule has 5 heteroatoms. The van der Waals surface area contributed by atoms with E-state index in [4.69, 9.17) is 11.6 Å². The summed E-state index contributed by atoms with van der Waals surface area (Å²) in [5.41, 5.74) is 0.200. The minimum Gasteiger partial charge on any atom is -0.324 e. The van der Waals surface area contributed by atoms with E-state index < -0.39 is 5.91 Å². The normalized spacial score (nSPS) is 21.0. The van der Waals surface area contributed by atoms with Crippen LogP contribution in [0.3, 0.4) is 0 Å². The number of carbonyl (C=O) groups excluding carboxylic acids is 2. The van der Waals surface area contributed by atoms with Crippen molar-refractivity contribution in [1.29, 1.82) is 0 Å². The summed E-state index contributed by atoms with van der Waals surface area (Å²) in [5.74, 6) is -0.127. The number of nitrogens with one attached hydrogen (secondary N) is 1. The molecule has 0 spiro atoms. The van der Waals surface area contributed by atoms with Gasteiger partial charge in [0, 0.05) is 13.1 Å². The number of carbonyl (C=O) groups is 2. The average molecular weight is 247 g/mol. The minimum atomic E-state index is -0.439. The van der Waals surface area contributed by atoms with Gasteiger partial charge in [-0.3, -0.25) is 10.1 Å². The van der Waals surface area contributed by atoms with Gasteiger partial charge < -0.3 is 4.90 Å². The van der Waals surface area contributed by atoms with Crippen molar-refractivity contribution in [2.75, 3.05) is 19.0 Å². The fourth-order valence-corrected chi connectivity index (χ4v) is 1.95. The van der Waals surface area contributed by atoms with E-state index in [-0.39, 0.29) is 17.3 Å². The van der Waals surface area contributed by atoms with Crippen molar-refractivity contribution in [3.05, 3.63) is 0 Å². The Kier molecular flexibility index (Phi) is 4.19. The highest BCUT2D eigenvalue weighted by Gasteiger charge is 2.34. The molecule has 0 aromatic carbocycles. The van der Waals surface area contributed by atoms with E-state index in [2.05, 4.69) is 26.1 Å². The molecule has 4 nitrogen and oxygen atoms in total. The van der Waals surface area contributed by atoms with Gasteiger partial charge in [-0.15, -0.1) is 11.6 Å². The van der Waals surface area contributed by atoms with E-state index >= 15 is 0 Å². The van der Waals surface area contributed by atoms with Gasteiger partial charge in [0.25, 0.3) is 0 Å². The summed E-state index contributed by atoms with van der Waals surface area (Å²) in [7, 11) is 0. The third-order valence-electron chi connectivity index (χ3n) is 3.07. The van der Waals surface area contributed by atoms with Crippen molar-refractivity contribution in [3.63, 3.8) is 0 Å². The van der Waals surface area contributed by atoms with Crippen LogP contribution < -0.4 is 5.32 Å². The Bertz CT molecular complexity index is 286. The Morgan fingerprint density at radius 3 is 2.50 bits per heavy atom. The third kappa shape index (κ3) is 3.37. The molecule has 3 amide bonds. The van der Waals surface area contributed by atoms with Gasteiger partial charge in [-0.25, -0.2) is 4.79 Å². The summed E-state index contributed by atoms with van der Waals surface area (Å²) in [5, 5.41) is 2.26. The maximum atomic E-state index is 11.6. The highest BCUT2D eigenvalue weighted by atomic mass is 35.5. The zero-order valence-corrected chi connectivity index (χ0v) is 10.8. The van der Waals surface area contributed by atoms with Crippen molar-refractivity contribution < 1.29 is 9.59 Å². The van der Waals surface area contributed by atoms with Crippen molar-refractivity contribution in [2.45, 2.75) is 27.2 Å². The summed E-state index contributed by atoms with van der Waals surface area (Å²) < 4.78 is 0. The topological polar surface area (TPSA) is 49.4 Å². The molecule has 1 N–H and O–H groups in total. The highest BCUT2D eigenvalue weighted by molar-refractivity contribution is 6.28. The second-order valence-electron chi connectivity index (χ2n) is 5.28. The predicted octanol–water partition coefficient (Wildman–Crippen LogP) is 1.83. The smallest absolute Gasteiger partial charge is 0.324 e.